The fourth-order valence-corrected chi connectivity index (χ4v) is 6.72. The van der Waals surface area contributed by atoms with Crippen LogP contribution in [0.5, 0.6) is 5.75 Å². The lowest BCUT2D eigenvalue weighted by atomic mass is 9.73. The topological polar surface area (TPSA) is 89.0 Å². The van der Waals surface area contributed by atoms with Crippen molar-refractivity contribution in [3.63, 3.8) is 0 Å². The van der Waals surface area contributed by atoms with Crippen LogP contribution in [0.25, 0.3) is 20.4 Å². The first-order valence-corrected chi connectivity index (χ1v) is 11.9. The first kappa shape index (κ1) is 22.1. The molecule has 1 aliphatic carbocycles. The minimum Gasteiger partial charge on any atom is -0.496 e. The van der Waals surface area contributed by atoms with Gasteiger partial charge in [-0.25, -0.2) is 9.78 Å². The van der Waals surface area contributed by atoms with Crippen molar-refractivity contribution in [2.24, 2.45) is 5.92 Å². The van der Waals surface area contributed by atoms with Gasteiger partial charge in [-0.2, -0.15) is 0 Å². The highest BCUT2D eigenvalue weighted by Crippen LogP contribution is 2.45. The van der Waals surface area contributed by atoms with Gasteiger partial charge in [0.1, 0.15) is 15.3 Å². The molecule has 33 heavy (non-hydrogen) atoms. The number of hydrogen-bond acceptors (Lipinski definition) is 6. The van der Waals surface area contributed by atoms with Crippen molar-refractivity contribution in [2.75, 3.05) is 13.7 Å². The van der Waals surface area contributed by atoms with E-state index in [2.05, 4.69) is 27.4 Å². The molecule has 1 aliphatic heterocycles. The zero-order chi connectivity index (χ0) is 21.8. The van der Waals surface area contributed by atoms with Crippen LogP contribution in [0.3, 0.4) is 0 Å². The van der Waals surface area contributed by atoms with Crippen LogP contribution >= 0.6 is 23.7 Å². The number of nitrogens with zero attached hydrogens (tertiary/aromatic N) is 2. The Morgan fingerprint density at radius 3 is 2.97 bits per heavy atom. The molecule has 0 saturated carbocycles. The molecule has 1 saturated heterocycles. The van der Waals surface area contributed by atoms with Gasteiger partial charge < -0.3 is 15.0 Å². The normalized spacial score (nSPS) is 21.5. The van der Waals surface area contributed by atoms with Crippen molar-refractivity contribution in [3.8, 4) is 5.75 Å². The van der Waals surface area contributed by atoms with E-state index in [1.165, 1.54) is 27.0 Å². The van der Waals surface area contributed by atoms with Crippen molar-refractivity contribution in [3.05, 3.63) is 68.5 Å². The average molecular weight is 485 g/mol. The van der Waals surface area contributed by atoms with E-state index in [0.29, 0.717) is 28.6 Å². The quantitative estimate of drug-likeness (QED) is 0.463. The lowest BCUT2D eigenvalue weighted by Crippen LogP contribution is -2.37. The molecule has 4 aromatic rings. The van der Waals surface area contributed by atoms with Crippen molar-refractivity contribution in [1.82, 2.24) is 19.9 Å². The first-order valence-electron chi connectivity index (χ1n) is 11.0. The van der Waals surface area contributed by atoms with Crippen LogP contribution in [0.1, 0.15) is 29.9 Å². The summed E-state index contributed by atoms with van der Waals surface area (Å²) in [6.07, 6.45) is 4.58. The Hall–Kier alpha value is -2.68. The maximum atomic E-state index is 13.2. The second kappa shape index (κ2) is 8.59. The van der Waals surface area contributed by atoms with Gasteiger partial charge in [0.15, 0.2) is 0 Å². The highest BCUT2D eigenvalue weighted by atomic mass is 35.5. The molecule has 0 radical (unpaired) electrons. The smallest absolute Gasteiger partial charge is 0.328 e. The van der Waals surface area contributed by atoms with Crippen LogP contribution < -0.4 is 21.3 Å². The summed E-state index contributed by atoms with van der Waals surface area (Å²) in [5.41, 5.74) is 2.66. The average Bonchev–Trinajstić information content (AvgIpc) is 3.40. The van der Waals surface area contributed by atoms with Gasteiger partial charge in [-0.3, -0.25) is 9.36 Å². The molecule has 4 heterocycles. The number of nitrogens with one attached hydrogen (secondary N) is 2. The predicted molar refractivity (Wildman–Crippen MR) is 133 cm³/mol. The van der Waals surface area contributed by atoms with Gasteiger partial charge in [-0.15, -0.1) is 23.7 Å². The van der Waals surface area contributed by atoms with Crippen molar-refractivity contribution in [2.45, 2.75) is 37.8 Å². The fourth-order valence-electron chi connectivity index (χ4n) is 5.67. The Morgan fingerprint density at radius 1 is 1.24 bits per heavy atom. The molecule has 0 bridgehead atoms. The van der Waals surface area contributed by atoms with Crippen LogP contribution in [0.15, 0.2) is 46.1 Å². The Labute approximate surface area is 200 Å². The molecule has 9 heteroatoms. The minimum atomic E-state index is -0.355. The minimum absolute atomic E-state index is 0. The summed E-state index contributed by atoms with van der Waals surface area (Å²) in [7, 11) is 1.73. The zero-order valence-electron chi connectivity index (χ0n) is 18.2. The van der Waals surface area contributed by atoms with Crippen LogP contribution in [0.2, 0.25) is 0 Å². The summed E-state index contributed by atoms with van der Waals surface area (Å²) < 4.78 is 7.52. The molecule has 172 valence electrons. The molecule has 1 aromatic carbocycles. The molecule has 2 N–H and O–H groups in total. The summed E-state index contributed by atoms with van der Waals surface area (Å²) >= 11 is 1.34. The van der Waals surface area contributed by atoms with E-state index in [-0.39, 0.29) is 29.7 Å². The van der Waals surface area contributed by atoms with E-state index in [1.807, 2.05) is 18.2 Å². The summed E-state index contributed by atoms with van der Waals surface area (Å²) in [6, 6.07) is 10.2. The molecular weight excluding hydrogens is 460 g/mol. The second-order valence-corrected chi connectivity index (χ2v) is 9.70. The molecule has 3 aromatic heterocycles. The highest BCUT2D eigenvalue weighted by Gasteiger charge is 2.40. The Balaban J connectivity index is 0.00000228. The van der Waals surface area contributed by atoms with E-state index < -0.39 is 0 Å². The van der Waals surface area contributed by atoms with E-state index in [1.54, 1.807) is 13.3 Å². The number of aromatic amines is 1. The van der Waals surface area contributed by atoms with Crippen LogP contribution in [-0.4, -0.2) is 34.2 Å². The maximum absolute atomic E-state index is 13.2. The Kier molecular flexibility index (Phi) is 5.76. The molecule has 1 unspecified atom stereocenters. The number of halogens is 1. The first-order chi connectivity index (χ1) is 15.7. The largest absolute Gasteiger partial charge is 0.496 e. The van der Waals surface area contributed by atoms with E-state index >= 15 is 0 Å². The molecule has 0 spiro atoms. The van der Waals surface area contributed by atoms with Crippen molar-refractivity contribution >= 4 is 44.2 Å². The molecule has 6 rings (SSSR count). The monoisotopic (exact) mass is 484 g/mol. The van der Waals surface area contributed by atoms with Gasteiger partial charge in [0.2, 0.25) is 0 Å². The molecule has 0 amide bonds. The van der Waals surface area contributed by atoms with Gasteiger partial charge in [0.05, 0.1) is 12.6 Å². The SMILES string of the molecule is COc1cccc2c1CC[C@@H]1CNC(CCn3c(=O)[nH]c4c(sc5ncccc54)c3=O)[C@H]21.Cl. The number of aromatic nitrogens is 3. The van der Waals surface area contributed by atoms with E-state index in [4.69, 9.17) is 4.74 Å². The van der Waals surface area contributed by atoms with Gasteiger partial charge >= 0.3 is 5.69 Å². The number of thiophene rings is 1. The predicted octanol–water partition coefficient (Wildman–Crippen LogP) is 3.44. The Bertz CT molecular complexity index is 1460. The van der Waals surface area contributed by atoms with E-state index in [0.717, 1.165) is 41.8 Å². The number of methoxy groups -OCH3 is 1. The third-order valence-corrected chi connectivity index (χ3v) is 8.25. The number of hydrogen-bond donors (Lipinski definition) is 2. The standard InChI is InChI=1S/C24H24N4O3S.ClH/c1-31-18-6-2-4-15-14(18)8-7-13-12-26-17(19(13)15)9-11-28-23(29)21-20(27-24(28)30)16-5-3-10-25-22(16)32-21;/h2-6,10,13,17,19,26H,7-9,11-12H2,1H3,(H,27,30);1H/t13-,17?,19+;/m1./s1. The lowest BCUT2D eigenvalue weighted by molar-refractivity contribution is 0.371. The summed E-state index contributed by atoms with van der Waals surface area (Å²) in [6.45, 7) is 1.35. The van der Waals surface area contributed by atoms with Gasteiger partial charge in [-0.1, -0.05) is 12.1 Å². The van der Waals surface area contributed by atoms with Crippen molar-refractivity contribution in [1.29, 1.82) is 0 Å². The van der Waals surface area contributed by atoms with Crippen LogP contribution in [-0.2, 0) is 13.0 Å². The van der Waals surface area contributed by atoms with Crippen LogP contribution in [0, 0.1) is 5.92 Å². The number of rotatable bonds is 4. The number of benzene rings is 1. The zero-order valence-corrected chi connectivity index (χ0v) is 19.8. The third-order valence-electron chi connectivity index (χ3n) is 7.14. The summed E-state index contributed by atoms with van der Waals surface area (Å²) in [4.78, 5) is 34.0. The van der Waals surface area contributed by atoms with Gasteiger partial charge in [0, 0.05) is 30.1 Å². The summed E-state index contributed by atoms with van der Waals surface area (Å²) in [5, 5.41) is 4.49. The molecule has 2 aliphatic rings. The number of pyridine rings is 1. The van der Waals surface area contributed by atoms with Gasteiger partial charge in [0.25, 0.3) is 5.56 Å². The molecule has 1 fully saturated rings. The summed E-state index contributed by atoms with van der Waals surface area (Å²) in [5.74, 6) is 1.91. The van der Waals surface area contributed by atoms with Crippen molar-refractivity contribution < 1.29 is 4.74 Å². The third kappa shape index (κ3) is 3.48. The maximum Gasteiger partial charge on any atom is 0.328 e. The number of H-pyrrole nitrogens is 1. The fraction of sp³-hybridized carbons (Fsp3) is 0.375. The molecule has 3 atom stereocenters. The van der Waals surface area contributed by atoms with E-state index in [9.17, 15) is 9.59 Å². The number of ether oxygens (including phenoxy) is 1. The second-order valence-electron chi connectivity index (χ2n) is 8.71. The highest BCUT2D eigenvalue weighted by molar-refractivity contribution is 7.25. The lowest BCUT2D eigenvalue weighted by Gasteiger charge is -2.32. The van der Waals surface area contributed by atoms with Gasteiger partial charge in [-0.05, 0) is 61.1 Å². The molecular formula is C24H25ClN4O3S. The number of fused-ring (bicyclic) bond motifs is 6. The van der Waals surface area contributed by atoms with Crippen LogP contribution in [0.4, 0.5) is 0 Å². The Morgan fingerprint density at radius 2 is 2.12 bits per heavy atom. The molecule has 7 nitrogen and oxygen atoms in total.